The maximum absolute atomic E-state index is 13.0. The first-order chi connectivity index (χ1) is 6.10. The zero-order chi connectivity index (χ0) is 9.90. The third-order valence-electron chi connectivity index (χ3n) is 2.00. The monoisotopic (exact) mass is 182 g/mol. The highest BCUT2D eigenvalue weighted by atomic mass is 19.3. The van der Waals surface area contributed by atoms with Crippen LogP contribution in [0.1, 0.15) is 18.1 Å². The number of halogens is 2. The predicted molar refractivity (Wildman–Crippen MR) is 49.9 cm³/mol. The molecule has 1 aromatic rings. The largest absolute Gasteiger partial charge is 0.291 e. The van der Waals surface area contributed by atoms with Crippen LogP contribution in [-0.2, 0) is 12.3 Å². The highest BCUT2D eigenvalue weighted by Gasteiger charge is 2.26. The van der Waals surface area contributed by atoms with Gasteiger partial charge in [-0.3, -0.25) is 0 Å². The first-order valence-corrected chi connectivity index (χ1v) is 4.21. The summed E-state index contributed by atoms with van der Waals surface area (Å²) in [6.07, 6.45) is 1.52. The molecule has 0 nitrogen and oxygen atoms in total. The minimum Gasteiger partial charge on any atom is -0.197 e. The molecule has 1 aromatic carbocycles. The second-order valence-electron chi connectivity index (χ2n) is 2.88. The minimum atomic E-state index is -2.91. The van der Waals surface area contributed by atoms with Crippen molar-refractivity contribution in [2.45, 2.75) is 19.3 Å². The van der Waals surface area contributed by atoms with Crippen molar-refractivity contribution in [3.05, 3.63) is 48.0 Å². The van der Waals surface area contributed by atoms with E-state index in [1.165, 1.54) is 12.1 Å². The molecule has 1 rings (SSSR count). The SMILES string of the molecule is C=CC(F)(F)c1ccc(CC)cc1. The fourth-order valence-electron chi connectivity index (χ4n) is 1.08. The lowest BCUT2D eigenvalue weighted by Gasteiger charge is -2.11. The van der Waals surface area contributed by atoms with E-state index in [-0.39, 0.29) is 5.56 Å². The van der Waals surface area contributed by atoms with Crippen LogP contribution in [0, 0.1) is 0 Å². The van der Waals surface area contributed by atoms with Gasteiger partial charge in [-0.05, 0) is 18.1 Å². The molecule has 0 unspecified atom stereocenters. The number of rotatable bonds is 3. The molecule has 0 fully saturated rings. The summed E-state index contributed by atoms with van der Waals surface area (Å²) >= 11 is 0. The molecule has 0 heterocycles. The van der Waals surface area contributed by atoms with Crippen molar-refractivity contribution in [1.29, 1.82) is 0 Å². The number of alkyl halides is 2. The Balaban J connectivity index is 2.98. The van der Waals surface area contributed by atoms with Crippen LogP contribution >= 0.6 is 0 Å². The van der Waals surface area contributed by atoms with Crippen LogP contribution in [-0.4, -0.2) is 0 Å². The third kappa shape index (κ3) is 2.14. The van der Waals surface area contributed by atoms with E-state index in [1.54, 1.807) is 12.1 Å². The van der Waals surface area contributed by atoms with Crippen LogP contribution in [0.5, 0.6) is 0 Å². The molecule has 0 saturated heterocycles. The Morgan fingerprint density at radius 3 is 2.23 bits per heavy atom. The molecule has 13 heavy (non-hydrogen) atoms. The molecular weight excluding hydrogens is 170 g/mol. The van der Waals surface area contributed by atoms with Crippen molar-refractivity contribution >= 4 is 0 Å². The fraction of sp³-hybridized carbons (Fsp3) is 0.273. The van der Waals surface area contributed by atoms with Gasteiger partial charge in [-0.15, -0.1) is 0 Å². The normalized spacial score (nSPS) is 11.3. The van der Waals surface area contributed by atoms with Gasteiger partial charge < -0.3 is 0 Å². The summed E-state index contributed by atoms with van der Waals surface area (Å²) in [4.78, 5) is 0. The number of hydrogen-bond acceptors (Lipinski definition) is 0. The van der Waals surface area contributed by atoms with Crippen molar-refractivity contribution in [2.24, 2.45) is 0 Å². The van der Waals surface area contributed by atoms with Gasteiger partial charge in [0.1, 0.15) is 0 Å². The Morgan fingerprint density at radius 1 is 1.31 bits per heavy atom. The third-order valence-corrected chi connectivity index (χ3v) is 2.00. The summed E-state index contributed by atoms with van der Waals surface area (Å²) in [5.41, 5.74) is 1.06. The Morgan fingerprint density at radius 2 is 1.85 bits per heavy atom. The molecule has 0 bridgehead atoms. The smallest absolute Gasteiger partial charge is 0.197 e. The molecule has 70 valence electrons. The fourth-order valence-corrected chi connectivity index (χ4v) is 1.08. The van der Waals surface area contributed by atoms with Crippen molar-refractivity contribution in [1.82, 2.24) is 0 Å². The van der Waals surface area contributed by atoms with Gasteiger partial charge >= 0.3 is 0 Å². The number of allylic oxidation sites excluding steroid dienone is 1. The zero-order valence-corrected chi connectivity index (χ0v) is 7.56. The molecule has 0 saturated carbocycles. The van der Waals surface area contributed by atoms with Crippen molar-refractivity contribution in [3.8, 4) is 0 Å². The quantitative estimate of drug-likeness (QED) is 0.627. The molecule has 0 radical (unpaired) electrons. The molecule has 0 aliphatic carbocycles. The molecule has 0 aliphatic heterocycles. The van der Waals surface area contributed by atoms with Crippen LogP contribution in [0.15, 0.2) is 36.9 Å². The van der Waals surface area contributed by atoms with Crippen molar-refractivity contribution in [3.63, 3.8) is 0 Å². The first-order valence-electron chi connectivity index (χ1n) is 4.21. The summed E-state index contributed by atoms with van der Waals surface area (Å²) < 4.78 is 26.0. The Bertz CT molecular complexity index is 285. The van der Waals surface area contributed by atoms with Gasteiger partial charge in [0.25, 0.3) is 5.92 Å². The molecular formula is C11H12F2. The average molecular weight is 182 g/mol. The summed E-state index contributed by atoms with van der Waals surface area (Å²) in [5.74, 6) is -2.91. The van der Waals surface area contributed by atoms with Crippen LogP contribution in [0.3, 0.4) is 0 Å². The lowest BCUT2D eigenvalue weighted by Crippen LogP contribution is -2.08. The first kappa shape index (κ1) is 9.90. The second-order valence-corrected chi connectivity index (χ2v) is 2.88. The zero-order valence-electron chi connectivity index (χ0n) is 7.56. The van der Waals surface area contributed by atoms with Crippen LogP contribution in [0.2, 0.25) is 0 Å². The number of aryl methyl sites for hydroxylation is 1. The maximum atomic E-state index is 13.0. The standard InChI is InChI=1S/C11H12F2/c1-3-9-5-7-10(8-6-9)11(12,13)4-2/h4-8H,2-3H2,1H3. The lowest BCUT2D eigenvalue weighted by atomic mass is 10.1. The van der Waals surface area contributed by atoms with E-state index in [0.29, 0.717) is 6.08 Å². The van der Waals surface area contributed by atoms with Crippen molar-refractivity contribution in [2.75, 3.05) is 0 Å². The molecule has 0 spiro atoms. The molecule has 0 aliphatic rings. The second kappa shape index (κ2) is 3.69. The topological polar surface area (TPSA) is 0 Å². The summed E-state index contributed by atoms with van der Waals surface area (Å²) in [6.45, 7) is 5.09. The summed E-state index contributed by atoms with van der Waals surface area (Å²) in [6, 6.07) is 6.32. The van der Waals surface area contributed by atoms with Gasteiger partial charge in [-0.25, -0.2) is 0 Å². The van der Waals surface area contributed by atoms with Crippen molar-refractivity contribution < 1.29 is 8.78 Å². The average Bonchev–Trinajstić information content (AvgIpc) is 2.18. The highest BCUT2D eigenvalue weighted by molar-refractivity contribution is 5.28. The van der Waals surface area contributed by atoms with Crippen LogP contribution in [0.25, 0.3) is 0 Å². The predicted octanol–water partition coefficient (Wildman–Crippen LogP) is 3.53. The number of benzene rings is 1. The minimum absolute atomic E-state index is 0.000278. The van der Waals surface area contributed by atoms with E-state index in [2.05, 4.69) is 6.58 Å². The molecule has 0 aromatic heterocycles. The molecule has 2 heteroatoms. The Hall–Kier alpha value is -1.18. The van der Waals surface area contributed by atoms with Crippen LogP contribution in [0.4, 0.5) is 8.78 Å². The van der Waals surface area contributed by atoms with Gasteiger partial charge in [-0.1, -0.05) is 37.8 Å². The van der Waals surface area contributed by atoms with Gasteiger partial charge in [0.2, 0.25) is 0 Å². The van der Waals surface area contributed by atoms with E-state index in [1.807, 2.05) is 6.92 Å². The van der Waals surface area contributed by atoms with E-state index < -0.39 is 5.92 Å². The summed E-state index contributed by atoms with van der Waals surface area (Å²) in [7, 11) is 0. The van der Waals surface area contributed by atoms with E-state index in [4.69, 9.17) is 0 Å². The van der Waals surface area contributed by atoms with Gasteiger partial charge in [-0.2, -0.15) is 8.78 Å². The van der Waals surface area contributed by atoms with Gasteiger partial charge in [0, 0.05) is 5.56 Å². The van der Waals surface area contributed by atoms with Crippen LogP contribution < -0.4 is 0 Å². The highest BCUT2D eigenvalue weighted by Crippen LogP contribution is 2.28. The Labute approximate surface area is 76.9 Å². The maximum Gasteiger partial charge on any atom is 0.291 e. The van der Waals surface area contributed by atoms with E-state index in [9.17, 15) is 8.78 Å². The molecule has 0 amide bonds. The lowest BCUT2D eigenvalue weighted by molar-refractivity contribution is 0.0525. The van der Waals surface area contributed by atoms with Gasteiger partial charge in [0.15, 0.2) is 0 Å². The number of hydrogen-bond donors (Lipinski definition) is 0. The van der Waals surface area contributed by atoms with E-state index in [0.717, 1.165) is 12.0 Å². The summed E-state index contributed by atoms with van der Waals surface area (Å²) in [5, 5.41) is 0. The van der Waals surface area contributed by atoms with Gasteiger partial charge in [0.05, 0.1) is 0 Å². The Kier molecular flexibility index (Phi) is 2.81. The molecule has 0 N–H and O–H groups in total. The van der Waals surface area contributed by atoms with E-state index >= 15 is 0 Å². The molecule has 0 atom stereocenters.